The van der Waals surface area contributed by atoms with E-state index in [9.17, 15) is 9.59 Å². The minimum Gasteiger partial charge on any atom is -0.466 e. The molecular formula is C12H24N2O4. The predicted octanol–water partition coefficient (Wildman–Crippen LogP) is 0.0225. The summed E-state index contributed by atoms with van der Waals surface area (Å²) in [6.07, 6.45) is 0.297. The van der Waals surface area contributed by atoms with Crippen molar-refractivity contribution in [2.75, 3.05) is 40.5 Å². The normalized spacial score (nSPS) is 12.3. The van der Waals surface area contributed by atoms with Crippen LogP contribution < -0.4 is 5.32 Å². The monoisotopic (exact) mass is 260 g/mol. The minimum atomic E-state index is -0.238. The lowest BCUT2D eigenvalue weighted by Gasteiger charge is -2.18. The fourth-order valence-corrected chi connectivity index (χ4v) is 1.45. The molecule has 0 bridgehead atoms. The highest BCUT2D eigenvalue weighted by Gasteiger charge is 2.11. The van der Waals surface area contributed by atoms with Gasteiger partial charge in [0.2, 0.25) is 5.91 Å². The average Bonchev–Trinajstić information content (AvgIpc) is 2.26. The zero-order valence-electron chi connectivity index (χ0n) is 11.7. The lowest BCUT2D eigenvalue weighted by Crippen LogP contribution is -2.42. The van der Waals surface area contributed by atoms with E-state index < -0.39 is 0 Å². The second-order valence-corrected chi connectivity index (χ2v) is 4.22. The van der Waals surface area contributed by atoms with Crippen molar-refractivity contribution < 1.29 is 19.1 Å². The van der Waals surface area contributed by atoms with Gasteiger partial charge in [-0.15, -0.1) is 0 Å². The first kappa shape index (κ1) is 16.9. The molecular weight excluding hydrogens is 236 g/mol. The molecule has 0 aromatic carbocycles. The van der Waals surface area contributed by atoms with Crippen molar-refractivity contribution >= 4 is 11.9 Å². The van der Waals surface area contributed by atoms with E-state index in [2.05, 4.69) is 5.32 Å². The van der Waals surface area contributed by atoms with Crippen molar-refractivity contribution in [1.29, 1.82) is 0 Å². The summed E-state index contributed by atoms with van der Waals surface area (Å²) in [5.74, 6) is -0.316. The third-order valence-electron chi connectivity index (χ3n) is 2.24. The Labute approximate surface area is 109 Å². The molecule has 0 aromatic heterocycles. The van der Waals surface area contributed by atoms with Gasteiger partial charge in [-0.3, -0.25) is 14.5 Å². The second kappa shape index (κ2) is 9.85. The number of amides is 1. The molecule has 106 valence electrons. The van der Waals surface area contributed by atoms with Crippen LogP contribution in [0.25, 0.3) is 0 Å². The zero-order chi connectivity index (χ0) is 14.0. The lowest BCUT2D eigenvalue weighted by atomic mass is 10.3. The Hall–Kier alpha value is -1.14. The van der Waals surface area contributed by atoms with Crippen molar-refractivity contribution in [2.45, 2.75) is 26.3 Å². The van der Waals surface area contributed by atoms with Gasteiger partial charge in [0.25, 0.3) is 0 Å². The maximum Gasteiger partial charge on any atom is 0.307 e. The molecule has 18 heavy (non-hydrogen) atoms. The fraction of sp³-hybridized carbons (Fsp3) is 0.833. The molecule has 0 aliphatic carbocycles. The molecule has 1 atom stereocenters. The Morgan fingerprint density at radius 2 is 2.06 bits per heavy atom. The molecule has 0 radical (unpaired) electrons. The van der Waals surface area contributed by atoms with Gasteiger partial charge in [0.15, 0.2) is 0 Å². The first-order chi connectivity index (χ1) is 8.49. The quantitative estimate of drug-likeness (QED) is 0.592. The molecule has 1 unspecified atom stereocenters. The first-order valence-electron chi connectivity index (χ1n) is 6.12. The molecule has 0 aromatic rings. The van der Waals surface area contributed by atoms with Crippen molar-refractivity contribution in [3.8, 4) is 0 Å². The van der Waals surface area contributed by atoms with E-state index in [4.69, 9.17) is 9.47 Å². The van der Waals surface area contributed by atoms with Crippen LogP contribution in [0.4, 0.5) is 0 Å². The van der Waals surface area contributed by atoms with Crippen molar-refractivity contribution in [3.05, 3.63) is 0 Å². The van der Waals surface area contributed by atoms with Crippen LogP contribution in [-0.4, -0.2) is 63.3 Å². The van der Waals surface area contributed by atoms with Crippen LogP contribution in [0.5, 0.6) is 0 Å². The van der Waals surface area contributed by atoms with Gasteiger partial charge in [-0.05, 0) is 20.9 Å². The molecule has 0 aliphatic rings. The number of carbonyl (C=O) groups is 2. The van der Waals surface area contributed by atoms with Gasteiger partial charge in [-0.1, -0.05) is 0 Å². The Bertz CT molecular complexity index is 258. The number of likely N-dealkylation sites (N-methyl/N-ethyl adjacent to an activating group) is 1. The van der Waals surface area contributed by atoms with Crippen LogP contribution >= 0.6 is 0 Å². The number of methoxy groups -OCH3 is 1. The van der Waals surface area contributed by atoms with Crippen LogP contribution in [0, 0.1) is 0 Å². The van der Waals surface area contributed by atoms with Crippen LogP contribution in [0.2, 0.25) is 0 Å². The smallest absolute Gasteiger partial charge is 0.307 e. The minimum absolute atomic E-state index is 0.0130. The average molecular weight is 260 g/mol. The Morgan fingerprint density at radius 1 is 1.39 bits per heavy atom. The molecule has 0 fully saturated rings. The topological polar surface area (TPSA) is 67.9 Å². The van der Waals surface area contributed by atoms with Crippen LogP contribution in [0.3, 0.4) is 0 Å². The molecule has 6 nitrogen and oxygen atoms in total. The number of hydrogen-bond donors (Lipinski definition) is 1. The van der Waals surface area contributed by atoms with Crippen LogP contribution in [0.1, 0.15) is 20.3 Å². The summed E-state index contributed by atoms with van der Waals surface area (Å²) in [6.45, 7) is 5.28. The van der Waals surface area contributed by atoms with Crippen molar-refractivity contribution in [2.24, 2.45) is 0 Å². The highest BCUT2D eigenvalue weighted by atomic mass is 16.5. The molecule has 0 heterocycles. The predicted molar refractivity (Wildman–Crippen MR) is 68.2 cm³/mol. The summed E-state index contributed by atoms with van der Waals surface area (Å²) in [5.41, 5.74) is 0. The third kappa shape index (κ3) is 8.95. The van der Waals surface area contributed by atoms with E-state index >= 15 is 0 Å². The molecule has 0 saturated carbocycles. The van der Waals surface area contributed by atoms with Gasteiger partial charge in [0.05, 0.1) is 26.2 Å². The Kier molecular flexibility index (Phi) is 9.22. The molecule has 0 aliphatic heterocycles. The third-order valence-corrected chi connectivity index (χ3v) is 2.24. The molecule has 0 spiro atoms. The number of carbonyl (C=O) groups excluding carboxylic acids is 2. The summed E-state index contributed by atoms with van der Waals surface area (Å²) in [6, 6.07) is -0.0130. The van der Waals surface area contributed by atoms with E-state index in [1.54, 1.807) is 26.0 Å². The Morgan fingerprint density at radius 3 is 2.61 bits per heavy atom. The molecule has 1 amide bonds. The van der Waals surface area contributed by atoms with Crippen LogP contribution in [0.15, 0.2) is 0 Å². The summed E-state index contributed by atoms with van der Waals surface area (Å²) in [5, 5.41) is 2.80. The SMILES string of the molecule is CCOC(=O)CCN(C)CC(=O)NC(C)COC. The number of ether oxygens (including phenoxy) is 2. The van der Waals surface area contributed by atoms with E-state index in [0.717, 1.165) is 0 Å². The summed E-state index contributed by atoms with van der Waals surface area (Å²) in [7, 11) is 3.38. The van der Waals surface area contributed by atoms with Crippen molar-refractivity contribution in [3.63, 3.8) is 0 Å². The second-order valence-electron chi connectivity index (χ2n) is 4.22. The highest BCUT2D eigenvalue weighted by molar-refractivity contribution is 5.78. The van der Waals surface area contributed by atoms with Gasteiger partial charge in [0, 0.05) is 19.7 Å². The van der Waals surface area contributed by atoms with E-state index in [1.165, 1.54) is 0 Å². The van der Waals surface area contributed by atoms with Gasteiger partial charge in [0.1, 0.15) is 0 Å². The zero-order valence-corrected chi connectivity index (χ0v) is 11.7. The number of hydrogen-bond acceptors (Lipinski definition) is 5. The standard InChI is InChI=1S/C12H24N2O4/c1-5-18-12(16)6-7-14(3)8-11(15)13-10(2)9-17-4/h10H,5-9H2,1-4H3,(H,13,15). The number of rotatable bonds is 9. The maximum absolute atomic E-state index is 11.6. The van der Waals surface area contributed by atoms with Crippen LogP contribution in [-0.2, 0) is 19.1 Å². The van der Waals surface area contributed by atoms with E-state index in [1.807, 2.05) is 6.92 Å². The number of esters is 1. The largest absolute Gasteiger partial charge is 0.466 e. The first-order valence-corrected chi connectivity index (χ1v) is 6.12. The molecule has 1 N–H and O–H groups in total. The van der Waals surface area contributed by atoms with Gasteiger partial charge < -0.3 is 14.8 Å². The van der Waals surface area contributed by atoms with Crippen molar-refractivity contribution in [1.82, 2.24) is 10.2 Å². The highest BCUT2D eigenvalue weighted by Crippen LogP contribution is 1.92. The summed E-state index contributed by atoms with van der Waals surface area (Å²) >= 11 is 0. The summed E-state index contributed by atoms with van der Waals surface area (Å²) < 4.78 is 9.74. The fourth-order valence-electron chi connectivity index (χ4n) is 1.45. The lowest BCUT2D eigenvalue weighted by molar-refractivity contribution is -0.143. The Balaban J connectivity index is 3.76. The van der Waals surface area contributed by atoms with Gasteiger partial charge in [-0.25, -0.2) is 0 Å². The number of nitrogens with one attached hydrogen (secondary N) is 1. The van der Waals surface area contributed by atoms with Gasteiger partial charge in [-0.2, -0.15) is 0 Å². The summed E-state index contributed by atoms with van der Waals surface area (Å²) in [4.78, 5) is 24.5. The number of nitrogens with zero attached hydrogens (tertiary/aromatic N) is 1. The van der Waals surface area contributed by atoms with E-state index in [0.29, 0.717) is 26.2 Å². The molecule has 0 rings (SSSR count). The molecule has 0 saturated heterocycles. The molecule has 6 heteroatoms. The maximum atomic E-state index is 11.6. The van der Waals surface area contributed by atoms with E-state index in [-0.39, 0.29) is 24.5 Å². The van der Waals surface area contributed by atoms with Gasteiger partial charge >= 0.3 is 5.97 Å².